The number of rotatable bonds is 7. The summed E-state index contributed by atoms with van der Waals surface area (Å²) in [6, 6.07) is 1.55. The Balaban J connectivity index is 1.46. The summed E-state index contributed by atoms with van der Waals surface area (Å²) in [6.45, 7) is -0.567. The molecule has 2 aromatic carbocycles. The highest BCUT2D eigenvalue weighted by Crippen LogP contribution is 2.45. The number of alkyl halides is 3. The van der Waals surface area contributed by atoms with Crippen molar-refractivity contribution in [2.75, 3.05) is 6.26 Å². The van der Waals surface area contributed by atoms with Gasteiger partial charge in [0.1, 0.15) is 17.7 Å². The van der Waals surface area contributed by atoms with Crippen LogP contribution in [0.15, 0.2) is 47.4 Å². The van der Waals surface area contributed by atoms with E-state index in [1.54, 1.807) is 12.2 Å². The van der Waals surface area contributed by atoms with Crippen molar-refractivity contribution >= 4 is 21.7 Å². The van der Waals surface area contributed by atoms with Crippen molar-refractivity contribution in [3.63, 3.8) is 0 Å². The summed E-state index contributed by atoms with van der Waals surface area (Å²) < 4.78 is 92.6. The number of fused-ring (bicyclic) bond motifs is 1. The highest BCUT2D eigenvalue weighted by atomic mass is 32.2. The average molecular weight is 585 g/mol. The summed E-state index contributed by atoms with van der Waals surface area (Å²) in [7, 11) is -3.70. The molecule has 40 heavy (non-hydrogen) atoms. The SMILES string of the molecule is CS(=O)(=O)c1ccc(CO)c(C(=O)N2[C@@H](C(=O)N[C@@H](c3cc(F)c(C(F)(F)F)cc3F)C3CC3)C[C@H]3C=C[C@H]32)c1. The fraction of sp³-hybridized carbons (Fsp3) is 0.407. The van der Waals surface area contributed by atoms with Crippen molar-refractivity contribution in [1.29, 1.82) is 0 Å². The number of likely N-dealkylation sites (tertiary alicyclic amines) is 1. The van der Waals surface area contributed by atoms with Gasteiger partial charge in [-0.25, -0.2) is 17.2 Å². The molecule has 7 nitrogen and oxygen atoms in total. The lowest BCUT2D eigenvalue weighted by Gasteiger charge is -2.33. The highest BCUT2D eigenvalue weighted by molar-refractivity contribution is 7.90. The van der Waals surface area contributed by atoms with E-state index >= 15 is 0 Å². The molecule has 2 aromatic rings. The molecule has 13 heteroatoms. The van der Waals surface area contributed by atoms with E-state index in [1.165, 1.54) is 17.0 Å². The van der Waals surface area contributed by atoms with Gasteiger partial charge in [-0.1, -0.05) is 18.2 Å². The van der Waals surface area contributed by atoms with Crippen molar-refractivity contribution in [1.82, 2.24) is 10.2 Å². The van der Waals surface area contributed by atoms with Gasteiger partial charge in [-0.3, -0.25) is 9.59 Å². The van der Waals surface area contributed by atoms with E-state index in [-0.39, 0.29) is 40.3 Å². The van der Waals surface area contributed by atoms with Crippen molar-refractivity contribution in [2.45, 2.75) is 55.1 Å². The molecule has 0 spiro atoms. The van der Waals surface area contributed by atoms with E-state index in [4.69, 9.17) is 0 Å². The molecule has 2 amide bonds. The Hall–Kier alpha value is -3.32. The molecule has 2 aliphatic carbocycles. The zero-order valence-electron chi connectivity index (χ0n) is 21.1. The van der Waals surface area contributed by atoms with Crippen molar-refractivity contribution in [3.8, 4) is 0 Å². The molecule has 0 radical (unpaired) electrons. The third kappa shape index (κ3) is 5.12. The zero-order chi connectivity index (χ0) is 29.1. The molecule has 0 bridgehead atoms. The summed E-state index contributed by atoms with van der Waals surface area (Å²) in [5, 5.41) is 12.4. The molecule has 1 saturated carbocycles. The first-order valence-electron chi connectivity index (χ1n) is 12.5. The van der Waals surface area contributed by atoms with Crippen LogP contribution in [0.3, 0.4) is 0 Å². The van der Waals surface area contributed by atoms with Crippen LogP contribution in [-0.4, -0.2) is 48.6 Å². The number of amides is 2. The van der Waals surface area contributed by atoms with E-state index in [0.717, 1.165) is 12.3 Å². The largest absolute Gasteiger partial charge is 0.419 e. The van der Waals surface area contributed by atoms with Gasteiger partial charge in [0.2, 0.25) is 5.91 Å². The van der Waals surface area contributed by atoms with E-state index in [2.05, 4.69) is 5.32 Å². The van der Waals surface area contributed by atoms with Crippen LogP contribution in [0, 0.1) is 23.5 Å². The third-order valence-corrected chi connectivity index (χ3v) is 8.82. The van der Waals surface area contributed by atoms with E-state index < -0.39 is 75.3 Å². The predicted molar refractivity (Wildman–Crippen MR) is 131 cm³/mol. The maximum absolute atomic E-state index is 14.8. The number of sulfone groups is 1. The van der Waals surface area contributed by atoms with Crippen molar-refractivity contribution in [3.05, 3.63) is 76.4 Å². The zero-order valence-corrected chi connectivity index (χ0v) is 21.9. The van der Waals surface area contributed by atoms with Gasteiger partial charge in [-0.15, -0.1) is 0 Å². The van der Waals surface area contributed by atoms with Gasteiger partial charge in [0.05, 0.1) is 29.1 Å². The number of benzene rings is 2. The summed E-state index contributed by atoms with van der Waals surface area (Å²) in [5.74, 6) is -4.88. The topological polar surface area (TPSA) is 104 Å². The van der Waals surface area contributed by atoms with Gasteiger partial charge in [-0.05, 0) is 55.0 Å². The monoisotopic (exact) mass is 584 g/mol. The first-order chi connectivity index (χ1) is 18.7. The number of aliphatic hydroxyl groups excluding tert-OH is 1. The summed E-state index contributed by atoms with van der Waals surface area (Å²) in [4.78, 5) is 28.4. The molecule has 1 aliphatic heterocycles. The summed E-state index contributed by atoms with van der Waals surface area (Å²) in [5.41, 5.74) is -2.11. The van der Waals surface area contributed by atoms with Crippen LogP contribution in [0.25, 0.3) is 0 Å². The molecule has 0 aromatic heterocycles. The molecule has 1 heterocycles. The number of carbonyl (C=O) groups excluding carboxylic acids is 2. The Morgan fingerprint density at radius 2 is 1.80 bits per heavy atom. The molecular weight excluding hydrogens is 559 g/mol. The van der Waals surface area contributed by atoms with Crippen LogP contribution in [0.2, 0.25) is 0 Å². The van der Waals surface area contributed by atoms with Gasteiger partial charge < -0.3 is 15.3 Å². The maximum atomic E-state index is 14.8. The van der Waals surface area contributed by atoms with Crippen LogP contribution in [0.1, 0.15) is 52.4 Å². The Morgan fingerprint density at radius 3 is 2.35 bits per heavy atom. The Labute approximate surface area is 226 Å². The van der Waals surface area contributed by atoms with E-state index in [1.807, 2.05) is 0 Å². The maximum Gasteiger partial charge on any atom is 0.419 e. The second kappa shape index (κ2) is 9.95. The molecule has 2 N–H and O–H groups in total. The lowest BCUT2D eigenvalue weighted by atomic mass is 9.89. The first-order valence-corrected chi connectivity index (χ1v) is 14.4. The Kier molecular flexibility index (Phi) is 7.02. The van der Waals surface area contributed by atoms with Gasteiger partial charge >= 0.3 is 6.18 Å². The molecule has 0 unspecified atom stereocenters. The molecule has 5 rings (SSSR count). The van der Waals surface area contributed by atoms with E-state index in [9.17, 15) is 45.1 Å². The van der Waals surface area contributed by atoms with Crippen molar-refractivity contribution < 1.29 is 45.1 Å². The van der Waals surface area contributed by atoms with Gasteiger partial charge in [0, 0.05) is 23.3 Å². The first kappa shape index (κ1) is 28.2. The van der Waals surface area contributed by atoms with Crippen LogP contribution in [0.4, 0.5) is 22.0 Å². The lowest BCUT2D eigenvalue weighted by molar-refractivity contribution is -0.140. The molecule has 2 fully saturated rings. The van der Waals surface area contributed by atoms with Gasteiger partial charge in [-0.2, -0.15) is 13.2 Å². The average Bonchev–Trinajstić information content (AvgIpc) is 3.66. The fourth-order valence-corrected chi connectivity index (χ4v) is 6.03. The number of halogens is 5. The predicted octanol–water partition coefficient (Wildman–Crippen LogP) is 3.92. The Morgan fingerprint density at radius 1 is 1.10 bits per heavy atom. The number of nitrogens with zero attached hydrogens (tertiary/aromatic N) is 1. The van der Waals surface area contributed by atoms with Gasteiger partial charge in [0.15, 0.2) is 9.84 Å². The molecule has 4 atom stereocenters. The lowest BCUT2D eigenvalue weighted by Crippen LogP contribution is -2.50. The molecule has 214 valence electrons. The van der Waals surface area contributed by atoms with Crippen LogP contribution < -0.4 is 5.32 Å². The summed E-state index contributed by atoms with van der Waals surface area (Å²) >= 11 is 0. The minimum Gasteiger partial charge on any atom is -0.392 e. The quantitative estimate of drug-likeness (QED) is 0.380. The molecular formula is C27H25F5N2O5S. The van der Waals surface area contributed by atoms with Crippen LogP contribution >= 0.6 is 0 Å². The normalized spacial score (nSPS) is 23.0. The smallest absolute Gasteiger partial charge is 0.392 e. The number of nitrogens with one attached hydrogen (secondary N) is 1. The minimum absolute atomic E-state index is 0.0763. The number of hydrogen-bond donors (Lipinski definition) is 2. The third-order valence-electron chi connectivity index (χ3n) is 7.71. The molecule has 3 aliphatic rings. The standard InChI is InChI=1S/C27H25F5N2O5S/c1-40(38,39)16-6-4-15(12-35)17(9-16)26(37)34-22-7-5-14(22)8-23(34)25(36)33-24(13-2-3-13)18-10-21(29)19(11-20(18)28)27(30,31)32/h4-7,9-11,13-14,22-24,35H,2-3,8,12H2,1H3,(H,33,36)/t14-,22-,23-,24-/m1/s1. The van der Waals surface area contributed by atoms with E-state index in [0.29, 0.717) is 18.9 Å². The molecule has 1 saturated heterocycles. The van der Waals surface area contributed by atoms with Crippen LogP contribution in [0.5, 0.6) is 0 Å². The van der Waals surface area contributed by atoms with Gasteiger partial charge in [0.25, 0.3) is 5.91 Å². The second-order valence-electron chi connectivity index (χ2n) is 10.4. The summed E-state index contributed by atoms with van der Waals surface area (Å²) in [6.07, 6.45) is 0.643. The Bertz CT molecular complexity index is 1520. The fourth-order valence-electron chi connectivity index (χ4n) is 5.38. The minimum atomic E-state index is -5.10. The van der Waals surface area contributed by atoms with Crippen molar-refractivity contribution in [2.24, 2.45) is 11.8 Å². The number of aliphatic hydroxyl groups is 1. The second-order valence-corrected chi connectivity index (χ2v) is 12.4. The van der Waals surface area contributed by atoms with Crippen LogP contribution in [-0.2, 0) is 27.4 Å². The highest BCUT2D eigenvalue weighted by Gasteiger charge is 2.50. The number of hydrogen-bond acceptors (Lipinski definition) is 5. The number of carbonyl (C=O) groups is 2.